The van der Waals surface area contributed by atoms with Crippen molar-refractivity contribution in [3.8, 4) is 6.07 Å². The number of carbonyl (C=O) groups excluding carboxylic acids is 1. The molecular weight excluding hydrogens is 197 g/mol. The van der Waals surface area contributed by atoms with E-state index in [1.54, 1.807) is 0 Å². The van der Waals surface area contributed by atoms with Gasteiger partial charge in [-0.1, -0.05) is 0 Å². The summed E-state index contributed by atoms with van der Waals surface area (Å²) in [6.45, 7) is 0. The Balaban J connectivity index is 2.07. The summed E-state index contributed by atoms with van der Waals surface area (Å²) in [6.07, 6.45) is 2.18. The first kappa shape index (κ1) is 9.59. The molecule has 0 spiro atoms. The molecule has 1 aliphatic rings. The van der Waals surface area contributed by atoms with Gasteiger partial charge in [0.05, 0.1) is 12.3 Å². The van der Waals surface area contributed by atoms with Crippen molar-refractivity contribution in [1.29, 1.82) is 5.26 Å². The highest BCUT2D eigenvalue weighted by Gasteiger charge is 2.50. The Hall–Kier alpha value is -1.96. The molecule has 0 radical (unpaired) electrons. The molecule has 1 amide bonds. The lowest BCUT2D eigenvalue weighted by molar-refractivity contribution is -0.119. The average Bonchev–Trinajstić information content (AvgIpc) is 3.02. The Labute approximate surface area is 85.7 Å². The lowest BCUT2D eigenvalue weighted by Crippen LogP contribution is -2.23. The van der Waals surface area contributed by atoms with E-state index in [2.05, 4.69) is 10.3 Å². The fourth-order valence-electron chi connectivity index (χ4n) is 1.20. The fourth-order valence-corrected chi connectivity index (χ4v) is 1.20. The molecule has 15 heavy (non-hydrogen) atoms. The largest absolute Gasteiger partial charge is 0.309 e. The van der Waals surface area contributed by atoms with Gasteiger partial charge in [0, 0.05) is 0 Å². The first-order valence-electron chi connectivity index (χ1n) is 4.50. The van der Waals surface area contributed by atoms with Gasteiger partial charge in [-0.3, -0.25) is 4.79 Å². The molecule has 0 bridgehead atoms. The van der Waals surface area contributed by atoms with Crippen molar-refractivity contribution < 1.29 is 9.18 Å². The van der Waals surface area contributed by atoms with Crippen molar-refractivity contribution in [3.63, 3.8) is 0 Å². The van der Waals surface area contributed by atoms with Gasteiger partial charge in [0.2, 0.25) is 5.91 Å². The van der Waals surface area contributed by atoms with Crippen LogP contribution >= 0.6 is 0 Å². The predicted molar refractivity (Wildman–Crippen MR) is 50.1 cm³/mol. The van der Waals surface area contributed by atoms with E-state index in [1.807, 2.05) is 6.07 Å². The molecule has 0 unspecified atom stereocenters. The summed E-state index contributed by atoms with van der Waals surface area (Å²) in [7, 11) is 0. The normalized spacial score (nSPS) is 16.5. The second kappa shape index (κ2) is 3.31. The number of anilines is 1. The summed E-state index contributed by atoms with van der Waals surface area (Å²) in [5, 5.41) is 11.2. The van der Waals surface area contributed by atoms with Crippen LogP contribution in [-0.2, 0) is 4.79 Å². The van der Waals surface area contributed by atoms with Crippen LogP contribution in [0.4, 0.5) is 10.2 Å². The van der Waals surface area contributed by atoms with Gasteiger partial charge in [-0.25, -0.2) is 9.37 Å². The number of hydrogen-bond acceptors (Lipinski definition) is 3. The van der Waals surface area contributed by atoms with Crippen molar-refractivity contribution in [2.24, 2.45) is 5.41 Å². The lowest BCUT2D eigenvalue weighted by atomic mass is 10.1. The molecule has 1 aromatic rings. The first-order chi connectivity index (χ1) is 7.16. The summed E-state index contributed by atoms with van der Waals surface area (Å²) in [4.78, 5) is 15.2. The van der Waals surface area contributed by atoms with Crippen LogP contribution in [0.15, 0.2) is 18.3 Å². The highest BCUT2D eigenvalue weighted by molar-refractivity contribution is 5.98. The van der Waals surface area contributed by atoms with Gasteiger partial charge in [0.1, 0.15) is 17.1 Å². The van der Waals surface area contributed by atoms with Gasteiger partial charge >= 0.3 is 0 Å². The molecule has 1 heterocycles. The zero-order valence-electron chi connectivity index (χ0n) is 7.83. The molecule has 0 aliphatic heterocycles. The monoisotopic (exact) mass is 205 g/mol. The van der Waals surface area contributed by atoms with Crippen LogP contribution in [0, 0.1) is 22.6 Å². The number of hydrogen-bond donors (Lipinski definition) is 1. The van der Waals surface area contributed by atoms with E-state index in [0.29, 0.717) is 12.8 Å². The molecule has 0 atom stereocenters. The predicted octanol–water partition coefficient (Wildman–Crippen LogP) is 1.46. The molecule has 1 aliphatic carbocycles. The minimum atomic E-state index is -0.879. The van der Waals surface area contributed by atoms with Crippen LogP contribution in [0.3, 0.4) is 0 Å². The maximum atomic E-state index is 12.5. The quantitative estimate of drug-likeness (QED) is 0.794. The molecular formula is C10H8FN3O. The minimum Gasteiger partial charge on any atom is -0.309 e. The van der Waals surface area contributed by atoms with Gasteiger partial charge in [-0.05, 0) is 25.0 Å². The average molecular weight is 205 g/mol. The summed E-state index contributed by atoms with van der Waals surface area (Å²) in [6, 6.07) is 4.53. The number of halogens is 1. The number of nitrogens with zero attached hydrogens (tertiary/aromatic N) is 2. The lowest BCUT2D eigenvalue weighted by Gasteiger charge is -2.06. The Bertz CT molecular complexity index is 431. The molecule has 0 saturated heterocycles. The first-order valence-corrected chi connectivity index (χ1v) is 4.50. The van der Waals surface area contributed by atoms with Crippen LogP contribution in [0.25, 0.3) is 0 Å². The second-order valence-corrected chi connectivity index (χ2v) is 3.51. The third kappa shape index (κ3) is 1.79. The topological polar surface area (TPSA) is 65.8 Å². The van der Waals surface area contributed by atoms with Gasteiger partial charge < -0.3 is 5.32 Å². The molecule has 1 fully saturated rings. The summed E-state index contributed by atoms with van der Waals surface area (Å²) in [5.41, 5.74) is -0.879. The van der Waals surface area contributed by atoms with Crippen molar-refractivity contribution in [2.75, 3.05) is 5.32 Å². The van der Waals surface area contributed by atoms with Crippen LogP contribution in [-0.4, -0.2) is 10.9 Å². The highest BCUT2D eigenvalue weighted by atomic mass is 19.1. The maximum absolute atomic E-state index is 12.5. The van der Waals surface area contributed by atoms with Crippen LogP contribution < -0.4 is 5.32 Å². The molecule has 5 heteroatoms. The van der Waals surface area contributed by atoms with E-state index in [0.717, 1.165) is 6.20 Å². The van der Waals surface area contributed by atoms with Crippen LogP contribution in [0.5, 0.6) is 0 Å². The third-order valence-electron chi connectivity index (χ3n) is 2.37. The number of pyridine rings is 1. The fraction of sp³-hybridized carbons (Fsp3) is 0.300. The minimum absolute atomic E-state index is 0.267. The van der Waals surface area contributed by atoms with E-state index in [4.69, 9.17) is 5.26 Å². The summed E-state index contributed by atoms with van der Waals surface area (Å²) >= 11 is 0. The molecule has 0 aromatic carbocycles. The molecule has 1 aromatic heterocycles. The SMILES string of the molecule is N#CC1(C(=O)Nc2ccc(F)cn2)CC1. The van der Waals surface area contributed by atoms with E-state index in [-0.39, 0.29) is 11.7 Å². The van der Waals surface area contributed by atoms with Crippen LogP contribution in [0.1, 0.15) is 12.8 Å². The Morgan fingerprint density at radius 2 is 2.33 bits per heavy atom. The second-order valence-electron chi connectivity index (χ2n) is 3.51. The number of amides is 1. The number of nitriles is 1. The van der Waals surface area contributed by atoms with Crippen molar-refractivity contribution in [2.45, 2.75) is 12.8 Å². The number of aromatic nitrogens is 1. The summed E-state index contributed by atoms with van der Waals surface area (Å²) < 4.78 is 12.5. The van der Waals surface area contributed by atoms with Gasteiger partial charge in [0.15, 0.2) is 0 Å². The third-order valence-corrected chi connectivity index (χ3v) is 2.37. The van der Waals surface area contributed by atoms with E-state index >= 15 is 0 Å². The number of nitrogens with one attached hydrogen (secondary N) is 1. The standard InChI is InChI=1S/C10H8FN3O/c11-7-1-2-8(13-5-7)14-9(15)10(6-12)3-4-10/h1-2,5H,3-4H2,(H,13,14,15). The number of rotatable bonds is 2. The van der Waals surface area contributed by atoms with E-state index < -0.39 is 11.2 Å². The Morgan fingerprint density at radius 1 is 1.60 bits per heavy atom. The Morgan fingerprint density at radius 3 is 2.80 bits per heavy atom. The smallest absolute Gasteiger partial charge is 0.246 e. The van der Waals surface area contributed by atoms with Gasteiger partial charge in [-0.2, -0.15) is 5.26 Å². The molecule has 1 saturated carbocycles. The maximum Gasteiger partial charge on any atom is 0.246 e. The zero-order valence-corrected chi connectivity index (χ0v) is 7.83. The Kier molecular flexibility index (Phi) is 2.12. The van der Waals surface area contributed by atoms with Crippen LogP contribution in [0.2, 0.25) is 0 Å². The van der Waals surface area contributed by atoms with Crippen molar-refractivity contribution in [3.05, 3.63) is 24.1 Å². The molecule has 76 valence electrons. The van der Waals surface area contributed by atoms with Gasteiger partial charge in [0.25, 0.3) is 0 Å². The van der Waals surface area contributed by atoms with E-state index in [9.17, 15) is 9.18 Å². The number of carbonyl (C=O) groups is 1. The van der Waals surface area contributed by atoms with E-state index in [1.165, 1.54) is 12.1 Å². The van der Waals surface area contributed by atoms with Crippen molar-refractivity contribution in [1.82, 2.24) is 4.98 Å². The summed E-state index contributed by atoms with van der Waals surface area (Å²) in [5.74, 6) is -0.554. The molecule has 4 nitrogen and oxygen atoms in total. The van der Waals surface area contributed by atoms with Crippen molar-refractivity contribution >= 4 is 11.7 Å². The highest BCUT2D eigenvalue weighted by Crippen LogP contribution is 2.45. The zero-order chi connectivity index (χ0) is 10.9. The molecule has 1 N–H and O–H groups in total. The van der Waals surface area contributed by atoms with Gasteiger partial charge in [-0.15, -0.1) is 0 Å². The molecule has 2 rings (SSSR count).